The van der Waals surface area contributed by atoms with Gasteiger partial charge in [-0.1, -0.05) is 0 Å². The van der Waals surface area contributed by atoms with Crippen LogP contribution in [0.4, 0.5) is 4.79 Å². The number of nitrogens with one attached hydrogen (secondary N) is 1. The van der Waals surface area contributed by atoms with Gasteiger partial charge in [-0.25, -0.2) is 4.79 Å². The van der Waals surface area contributed by atoms with Gasteiger partial charge < -0.3 is 30.3 Å². The Hall–Kier alpha value is -1.38. The van der Waals surface area contributed by atoms with Crippen molar-refractivity contribution in [2.45, 2.75) is 76.5 Å². The molecule has 3 atom stereocenters. The molecule has 2 amide bonds. The molecule has 3 unspecified atom stereocenters. The molecular formula is C21H36N2O6. The summed E-state index contributed by atoms with van der Waals surface area (Å²) in [6, 6.07) is 0. The summed E-state index contributed by atoms with van der Waals surface area (Å²) in [7, 11) is 0. The van der Waals surface area contributed by atoms with Crippen LogP contribution in [0.15, 0.2) is 0 Å². The number of ether oxygens (including phenoxy) is 1. The average molecular weight is 413 g/mol. The van der Waals surface area contributed by atoms with Crippen LogP contribution in [0, 0.1) is 17.3 Å². The lowest BCUT2D eigenvalue weighted by molar-refractivity contribution is -0.201. The van der Waals surface area contributed by atoms with E-state index in [1.807, 2.05) is 20.8 Å². The topological polar surface area (TPSA) is 119 Å². The summed E-state index contributed by atoms with van der Waals surface area (Å²) in [6.45, 7) is 5.15. The van der Waals surface area contributed by atoms with Crippen molar-refractivity contribution in [1.29, 1.82) is 0 Å². The van der Waals surface area contributed by atoms with Crippen molar-refractivity contribution in [3.8, 4) is 0 Å². The van der Waals surface area contributed by atoms with E-state index in [-0.39, 0.29) is 26.3 Å². The van der Waals surface area contributed by atoms with Crippen LogP contribution in [0.25, 0.3) is 0 Å². The molecule has 4 rings (SSSR count). The van der Waals surface area contributed by atoms with Crippen LogP contribution >= 0.6 is 0 Å². The van der Waals surface area contributed by atoms with Crippen LogP contribution in [-0.2, 0) is 9.53 Å². The minimum atomic E-state index is -1.04. The van der Waals surface area contributed by atoms with Crippen LogP contribution in [0.2, 0.25) is 0 Å². The van der Waals surface area contributed by atoms with Gasteiger partial charge in [0.2, 0.25) is 0 Å². The normalized spacial score (nSPS) is 34.0. The maximum absolute atomic E-state index is 13.5. The molecule has 4 fully saturated rings. The molecular weight excluding hydrogens is 376 g/mol. The molecule has 0 spiro atoms. The third-order valence-corrected chi connectivity index (χ3v) is 6.61. The Morgan fingerprint density at radius 3 is 2.10 bits per heavy atom. The first-order valence-electron chi connectivity index (χ1n) is 10.7. The number of hydrogen-bond donors (Lipinski definition) is 4. The molecule has 4 aliphatic rings. The van der Waals surface area contributed by atoms with Crippen molar-refractivity contribution in [3.63, 3.8) is 0 Å². The van der Waals surface area contributed by atoms with E-state index >= 15 is 0 Å². The molecule has 0 heterocycles. The zero-order valence-electron chi connectivity index (χ0n) is 17.8. The number of hydrogen-bond acceptors (Lipinski definition) is 6. The fraction of sp³-hybridized carbons (Fsp3) is 0.905. The molecule has 4 bridgehead atoms. The van der Waals surface area contributed by atoms with Gasteiger partial charge in [0.25, 0.3) is 5.91 Å². The van der Waals surface area contributed by atoms with Gasteiger partial charge >= 0.3 is 6.09 Å². The quantitative estimate of drug-likeness (QED) is 0.496. The summed E-state index contributed by atoms with van der Waals surface area (Å²) in [6.07, 6.45) is 2.78. The molecule has 0 saturated heterocycles. The van der Waals surface area contributed by atoms with Gasteiger partial charge in [0.15, 0.2) is 6.10 Å². The van der Waals surface area contributed by atoms with Gasteiger partial charge in [-0.15, -0.1) is 0 Å². The maximum Gasteiger partial charge on any atom is 0.408 e. The molecule has 0 aromatic carbocycles. The number of rotatable bonds is 7. The standard InChI is InChI=1S/C21H36N2O6/c1-19(2,3)22-18(27)29-16(17(26)23(4-6-24)5-7-25)20-9-14-8-15(10-20)12-21(28,11-14)13-20/h14-16,24-25,28H,4-13H2,1-3H3,(H,22,27). The lowest BCUT2D eigenvalue weighted by atomic mass is 9.46. The molecule has 4 N–H and O–H groups in total. The van der Waals surface area contributed by atoms with Gasteiger partial charge in [-0.3, -0.25) is 4.79 Å². The van der Waals surface area contributed by atoms with E-state index in [0.717, 1.165) is 32.1 Å². The Balaban J connectivity index is 1.90. The van der Waals surface area contributed by atoms with Crippen molar-refractivity contribution in [2.24, 2.45) is 17.3 Å². The lowest BCUT2D eigenvalue weighted by Crippen LogP contribution is -2.63. The SMILES string of the molecule is CC(C)(C)NC(=O)OC(C(=O)N(CCO)CCO)C12CC3CC(CC(O)(C3)C1)C2. The number of carbonyl (C=O) groups is 2. The van der Waals surface area contributed by atoms with Crippen LogP contribution in [0.3, 0.4) is 0 Å². The fourth-order valence-electron chi connectivity index (χ4n) is 6.21. The van der Waals surface area contributed by atoms with Gasteiger partial charge in [-0.05, 0) is 71.1 Å². The monoisotopic (exact) mass is 412 g/mol. The Bertz CT molecular complexity index is 611. The summed E-state index contributed by atoms with van der Waals surface area (Å²) in [5, 5.41) is 32.6. The van der Waals surface area contributed by atoms with Crippen LogP contribution < -0.4 is 5.32 Å². The molecule has 4 saturated carbocycles. The molecule has 8 heteroatoms. The molecule has 0 aromatic rings. The lowest BCUT2D eigenvalue weighted by Gasteiger charge is -2.61. The summed E-state index contributed by atoms with van der Waals surface area (Å²) < 4.78 is 5.78. The molecule has 29 heavy (non-hydrogen) atoms. The van der Waals surface area contributed by atoms with Gasteiger partial charge in [0.1, 0.15) is 0 Å². The number of aliphatic hydroxyl groups excluding tert-OH is 2. The minimum Gasteiger partial charge on any atom is -0.436 e. The Morgan fingerprint density at radius 2 is 1.66 bits per heavy atom. The molecule has 0 aliphatic heterocycles. The number of carbonyl (C=O) groups excluding carboxylic acids is 2. The first-order chi connectivity index (χ1) is 13.5. The first kappa shape index (κ1) is 22.3. The number of nitrogens with zero attached hydrogens (tertiary/aromatic N) is 1. The van der Waals surface area contributed by atoms with E-state index < -0.39 is 34.7 Å². The highest BCUT2D eigenvalue weighted by Gasteiger charge is 2.62. The summed E-state index contributed by atoms with van der Waals surface area (Å²) in [5.74, 6) is 0.257. The van der Waals surface area contributed by atoms with Crippen molar-refractivity contribution in [2.75, 3.05) is 26.3 Å². The van der Waals surface area contributed by atoms with Crippen molar-refractivity contribution in [1.82, 2.24) is 10.2 Å². The Kier molecular flexibility index (Phi) is 6.18. The minimum absolute atomic E-state index is 0.0628. The van der Waals surface area contributed by atoms with E-state index in [9.17, 15) is 24.9 Å². The smallest absolute Gasteiger partial charge is 0.408 e. The molecule has 166 valence electrons. The van der Waals surface area contributed by atoms with Crippen molar-refractivity contribution in [3.05, 3.63) is 0 Å². The van der Waals surface area contributed by atoms with E-state index in [1.54, 1.807) is 0 Å². The van der Waals surface area contributed by atoms with Gasteiger partial charge in [0, 0.05) is 24.0 Å². The van der Waals surface area contributed by atoms with E-state index in [1.165, 1.54) is 4.90 Å². The molecule has 4 aliphatic carbocycles. The third kappa shape index (κ3) is 4.86. The highest BCUT2D eigenvalue weighted by atomic mass is 16.6. The van der Waals surface area contributed by atoms with Crippen LogP contribution in [0.5, 0.6) is 0 Å². The second-order valence-electron chi connectivity index (χ2n) is 10.5. The molecule has 0 radical (unpaired) electrons. The van der Waals surface area contributed by atoms with Crippen molar-refractivity contribution < 1.29 is 29.6 Å². The van der Waals surface area contributed by atoms with Crippen molar-refractivity contribution >= 4 is 12.0 Å². The zero-order chi connectivity index (χ0) is 21.4. The first-order valence-corrected chi connectivity index (χ1v) is 10.7. The Morgan fingerprint density at radius 1 is 1.10 bits per heavy atom. The number of aliphatic hydroxyl groups is 3. The zero-order valence-corrected chi connectivity index (χ0v) is 17.8. The number of amides is 2. The third-order valence-electron chi connectivity index (χ3n) is 6.61. The molecule has 0 aromatic heterocycles. The summed E-state index contributed by atoms with van der Waals surface area (Å²) in [4.78, 5) is 27.4. The van der Waals surface area contributed by atoms with E-state index in [4.69, 9.17) is 4.74 Å². The second kappa shape index (κ2) is 8.04. The highest BCUT2D eigenvalue weighted by Crippen LogP contribution is 2.63. The average Bonchev–Trinajstić information content (AvgIpc) is 2.55. The van der Waals surface area contributed by atoms with E-state index in [0.29, 0.717) is 18.3 Å². The fourth-order valence-corrected chi connectivity index (χ4v) is 6.21. The predicted molar refractivity (Wildman–Crippen MR) is 106 cm³/mol. The van der Waals surface area contributed by atoms with E-state index in [2.05, 4.69) is 5.32 Å². The number of alkyl carbamates (subject to hydrolysis) is 1. The highest BCUT2D eigenvalue weighted by molar-refractivity contribution is 5.84. The Labute approximate surface area is 172 Å². The van der Waals surface area contributed by atoms with Crippen LogP contribution in [0.1, 0.15) is 59.3 Å². The predicted octanol–water partition coefficient (Wildman–Crippen LogP) is 1.02. The largest absolute Gasteiger partial charge is 0.436 e. The summed E-state index contributed by atoms with van der Waals surface area (Å²) >= 11 is 0. The maximum atomic E-state index is 13.5. The van der Waals surface area contributed by atoms with Gasteiger partial charge in [0.05, 0.1) is 18.8 Å². The van der Waals surface area contributed by atoms with Gasteiger partial charge in [-0.2, -0.15) is 0 Å². The summed E-state index contributed by atoms with van der Waals surface area (Å²) in [5.41, 5.74) is -1.92. The second-order valence-corrected chi connectivity index (χ2v) is 10.5. The molecule has 8 nitrogen and oxygen atoms in total. The van der Waals surface area contributed by atoms with Crippen LogP contribution in [-0.4, -0.2) is 75.8 Å².